The van der Waals surface area contributed by atoms with Gasteiger partial charge in [0.25, 0.3) is 0 Å². The van der Waals surface area contributed by atoms with Gasteiger partial charge in [0.2, 0.25) is 0 Å². The molecule has 2 atom stereocenters. The van der Waals surface area contributed by atoms with Crippen molar-refractivity contribution in [3.63, 3.8) is 0 Å². The lowest BCUT2D eigenvalue weighted by molar-refractivity contribution is 0.149. The highest BCUT2D eigenvalue weighted by Crippen LogP contribution is 2.43. The highest BCUT2D eigenvalue weighted by molar-refractivity contribution is 7.98. The van der Waals surface area contributed by atoms with Gasteiger partial charge >= 0.3 is 6.09 Å². The van der Waals surface area contributed by atoms with Crippen LogP contribution in [0.25, 0.3) is 33.1 Å². The van der Waals surface area contributed by atoms with Gasteiger partial charge in [0.05, 0.1) is 24.2 Å². The molecule has 2 bridgehead atoms. The number of amides is 1. The highest BCUT2D eigenvalue weighted by atomic mass is 32.2. The number of nitrogens with one attached hydrogen (secondary N) is 2. The minimum absolute atomic E-state index is 0.0859. The SMILES string of the molecule is C1NC2CC1C2.CSc1nc2c(F)c(-c3cccc4c3OCCC4)ncc2c2[nH]c(C3CCC4COC(=O)N43)cc12. The molecule has 1 amide bonds. The van der Waals surface area contributed by atoms with Crippen LogP contribution in [0.4, 0.5) is 9.18 Å². The second kappa shape index (κ2) is 9.87. The van der Waals surface area contributed by atoms with E-state index in [1.165, 1.54) is 31.1 Å². The number of ether oxygens (including phenoxy) is 2. The molecule has 41 heavy (non-hydrogen) atoms. The van der Waals surface area contributed by atoms with E-state index in [-0.39, 0.29) is 29.4 Å². The fourth-order valence-electron chi connectivity index (χ4n) is 7.16. The van der Waals surface area contributed by atoms with Crippen LogP contribution in [-0.2, 0) is 11.2 Å². The van der Waals surface area contributed by atoms with Gasteiger partial charge in [-0.2, -0.15) is 0 Å². The van der Waals surface area contributed by atoms with Gasteiger partial charge in [0.15, 0.2) is 5.82 Å². The predicted octanol–water partition coefficient (Wildman–Crippen LogP) is 5.99. The molecule has 1 aliphatic carbocycles. The van der Waals surface area contributed by atoms with Crippen LogP contribution >= 0.6 is 11.8 Å². The first-order valence-corrected chi connectivity index (χ1v) is 15.8. The first kappa shape index (κ1) is 25.3. The topological polar surface area (TPSA) is 92.4 Å². The van der Waals surface area contributed by atoms with Crippen molar-refractivity contribution in [2.45, 2.75) is 61.7 Å². The minimum Gasteiger partial charge on any atom is -0.493 e. The number of nitrogens with zero attached hydrogens (tertiary/aromatic N) is 3. The van der Waals surface area contributed by atoms with Crippen LogP contribution in [0.15, 0.2) is 35.5 Å². The van der Waals surface area contributed by atoms with Crippen molar-refractivity contribution < 1.29 is 18.7 Å². The third-order valence-electron chi connectivity index (χ3n) is 9.33. The Morgan fingerprint density at radius 2 is 2.07 bits per heavy atom. The molecule has 212 valence electrons. The molecule has 8 heterocycles. The number of hydrogen-bond acceptors (Lipinski definition) is 7. The molecule has 10 rings (SSSR count). The van der Waals surface area contributed by atoms with Crippen LogP contribution in [0.1, 0.15) is 49.4 Å². The number of thioether (sulfide) groups is 1. The molecule has 4 aromatic rings. The van der Waals surface area contributed by atoms with Crippen molar-refractivity contribution in [3.05, 3.63) is 47.5 Å². The normalized spacial score (nSPS) is 25.8. The average Bonchev–Trinajstić information content (AvgIpc) is 3.81. The zero-order valence-electron chi connectivity index (χ0n) is 22.9. The predicted molar refractivity (Wildman–Crippen MR) is 156 cm³/mol. The van der Waals surface area contributed by atoms with Crippen molar-refractivity contribution in [3.8, 4) is 17.0 Å². The lowest BCUT2D eigenvalue weighted by Crippen LogP contribution is -2.29. The number of H-pyrrole nitrogens is 1. The number of aromatic nitrogens is 3. The third-order valence-corrected chi connectivity index (χ3v) is 10.0. The summed E-state index contributed by atoms with van der Waals surface area (Å²) >= 11 is 1.47. The first-order chi connectivity index (χ1) is 20.1. The summed E-state index contributed by atoms with van der Waals surface area (Å²) < 4.78 is 27.2. The molecule has 8 nitrogen and oxygen atoms in total. The van der Waals surface area contributed by atoms with Crippen molar-refractivity contribution in [1.29, 1.82) is 0 Å². The number of halogens is 1. The van der Waals surface area contributed by atoms with Crippen molar-refractivity contribution in [2.75, 3.05) is 26.0 Å². The largest absolute Gasteiger partial charge is 0.493 e. The van der Waals surface area contributed by atoms with E-state index in [4.69, 9.17) is 14.5 Å². The molecule has 4 saturated heterocycles. The maximum Gasteiger partial charge on any atom is 0.410 e. The Morgan fingerprint density at radius 1 is 1.17 bits per heavy atom. The molecule has 1 saturated carbocycles. The Morgan fingerprint density at radius 3 is 2.85 bits per heavy atom. The molecule has 3 aromatic heterocycles. The van der Waals surface area contributed by atoms with Crippen LogP contribution < -0.4 is 10.1 Å². The maximum atomic E-state index is 16.0. The van der Waals surface area contributed by atoms with Gasteiger partial charge in [-0.3, -0.25) is 9.88 Å². The van der Waals surface area contributed by atoms with Crippen molar-refractivity contribution >= 4 is 39.7 Å². The molecule has 1 aromatic carbocycles. The molecule has 2 unspecified atom stereocenters. The van der Waals surface area contributed by atoms with Gasteiger partial charge in [-0.05, 0) is 74.9 Å². The zero-order valence-corrected chi connectivity index (χ0v) is 23.7. The van der Waals surface area contributed by atoms with Gasteiger partial charge in [-0.1, -0.05) is 12.1 Å². The number of fused-ring (bicyclic) bond motifs is 6. The van der Waals surface area contributed by atoms with E-state index in [0.717, 1.165) is 64.8 Å². The summed E-state index contributed by atoms with van der Waals surface area (Å²) in [6, 6.07) is 8.82. The van der Waals surface area contributed by atoms with E-state index in [1.54, 1.807) is 6.20 Å². The average molecular weight is 574 g/mol. The minimum atomic E-state index is -0.456. The molecular formula is C31H32FN5O3S. The molecule has 2 N–H and O–H groups in total. The lowest BCUT2D eigenvalue weighted by atomic mass is 9.87. The summed E-state index contributed by atoms with van der Waals surface area (Å²) in [6.45, 7) is 2.37. The molecule has 5 aliphatic heterocycles. The molecule has 10 heteroatoms. The van der Waals surface area contributed by atoms with E-state index in [9.17, 15) is 4.79 Å². The molecular weight excluding hydrogens is 541 g/mol. The maximum absolute atomic E-state index is 16.0. The number of benzene rings is 1. The van der Waals surface area contributed by atoms with Gasteiger partial charge in [0, 0.05) is 34.3 Å². The van der Waals surface area contributed by atoms with Gasteiger partial charge in [-0.15, -0.1) is 11.8 Å². The zero-order chi connectivity index (χ0) is 27.7. The fourth-order valence-corrected chi connectivity index (χ4v) is 7.72. The second-order valence-corrected chi connectivity index (χ2v) is 12.5. The Bertz CT molecular complexity index is 1670. The number of pyridine rings is 2. The van der Waals surface area contributed by atoms with E-state index in [0.29, 0.717) is 29.9 Å². The quantitative estimate of drug-likeness (QED) is 0.291. The molecule has 6 aliphatic rings. The third kappa shape index (κ3) is 4.09. The standard InChI is InChI=1S/C26H23FN4O3S.C5H9N/c1-35-25-16-10-18(19-8-7-14-12-34-26(32)31(14)19)29-21(16)17-11-28-22(20(27)23(17)30-25)15-6-2-4-13-5-3-9-33-24(13)15;1-4-2-5(1)6-3-4/h2,4,6,10-11,14,19,29H,3,5,7-9,12H2,1H3;4-6H,1-3H2. The number of carbonyl (C=O) groups is 1. The Labute approximate surface area is 241 Å². The number of aryl methyl sites for hydroxylation is 1. The van der Waals surface area contributed by atoms with Gasteiger partial charge in [0.1, 0.15) is 28.6 Å². The molecule has 0 spiro atoms. The number of rotatable bonds is 3. The molecule has 5 fully saturated rings. The summed E-state index contributed by atoms with van der Waals surface area (Å²) in [4.78, 5) is 26.9. The lowest BCUT2D eigenvalue weighted by Gasteiger charge is -2.20. The first-order valence-electron chi connectivity index (χ1n) is 14.6. The number of hydrogen-bond donors (Lipinski definition) is 2. The Kier molecular flexibility index (Phi) is 6.10. The summed E-state index contributed by atoms with van der Waals surface area (Å²) in [5.41, 5.74) is 3.97. The number of para-hydroxylation sites is 1. The van der Waals surface area contributed by atoms with E-state index >= 15 is 4.39 Å². The van der Waals surface area contributed by atoms with Crippen LogP contribution in [0.2, 0.25) is 0 Å². The highest BCUT2D eigenvalue weighted by Gasteiger charge is 2.44. The monoisotopic (exact) mass is 573 g/mol. The van der Waals surface area contributed by atoms with Crippen LogP contribution in [0.3, 0.4) is 0 Å². The van der Waals surface area contributed by atoms with Crippen LogP contribution in [0, 0.1) is 11.7 Å². The fraction of sp³-hybridized carbons (Fsp3) is 0.452. The van der Waals surface area contributed by atoms with E-state index in [1.807, 2.05) is 35.4 Å². The second-order valence-electron chi connectivity index (χ2n) is 11.7. The summed E-state index contributed by atoms with van der Waals surface area (Å²) in [7, 11) is 0. The number of cyclic esters (lactones) is 1. The van der Waals surface area contributed by atoms with Crippen molar-refractivity contribution in [2.24, 2.45) is 5.92 Å². The van der Waals surface area contributed by atoms with Gasteiger partial charge in [-0.25, -0.2) is 14.2 Å². The van der Waals surface area contributed by atoms with Crippen LogP contribution in [-0.4, -0.2) is 64.0 Å². The van der Waals surface area contributed by atoms with E-state index in [2.05, 4.69) is 15.3 Å². The number of aromatic amines is 1. The summed E-state index contributed by atoms with van der Waals surface area (Å²) in [6.07, 6.45) is 9.93. The Hall–Kier alpha value is -3.37. The smallest absolute Gasteiger partial charge is 0.410 e. The summed E-state index contributed by atoms with van der Waals surface area (Å²) in [5, 5.41) is 5.65. The van der Waals surface area contributed by atoms with Crippen LogP contribution in [0.5, 0.6) is 5.75 Å². The van der Waals surface area contributed by atoms with Crippen molar-refractivity contribution in [1.82, 2.24) is 25.2 Å². The Balaban J connectivity index is 0.000000375. The summed E-state index contributed by atoms with van der Waals surface area (Å²) in [5.74, 6) is 1.34. The molecule has 0 radical (unpaired) electrons. The van der Waals surface area contributed by atoms with E-state index < -0.39 is 5.82 Å². The van der Waals surface area contributed by atoms with Gasteiger partial charge < -0.3 is 19.8 Å². The number of carbonyl (C=O) groups excluding carboxylic acids is 1.